The van der Waals surface area contributed by atoms with E-state index in [-0.39, 0.29) is 18.1 Å². The summed E-state index contributed by atoms with van der Waals surface area (Å²) in [6, 6.07) is 0. The monoisotopic (exact) mass is 197 g/mol. The molecule has 0 aromatic rings. The van der Waals surface area contributed by atoms with Crippen LogP contribution < -0.4 is 5.73 Å². The summed E-state index contributed by atoms with van der Waals surface area (Å²) in [4.78, 5) is 11.9. The fraction of sp³-hybridized carbons (Fsp3) is 0.909. The zero-order chi connectivity index (χ0) is 9.97. The summed E-state index contributed by atoms with van der Waals surface area (Å²) in [5.41, 5.74) is 5.51. The van der Waals surface area contributed by atoms with Gasteiger partial charge in [0.25, 0.3) is 0 Å². The highest BCUT2D eigenvalue weighted by atomic mass is 16.5. The van der Waals surface area contributed by atoms with Gasteiger partial charge in [0.15, 0.2) is 5.78 Å². The predicted molar refractivity (Wildman–Crippen MR) is 53.9 cm³/mol. The molecule has 0 bridgehead atoms. The van der Waals surface area contributed by atoms with E-state index in [1.807, 2.05) is 0 Å². The van der Waals surface area contributed by atoms with Crippen molar-refractivity contribution in [2.45, 2.75) is 50.7 Å². The van der Waals surface area contributed by atoms with Crippen LogP contribution in [0.3, 0.4) is 0 Å². The van der Waals surface area contributed by atoms with E-state index in [1.54, 1.807) is 0 Å². The van der Waals surface area contributed by atoms with Gasteiger partial charge in [0.1, 0.15) is 6.10 Å². The van der Waals surface area contributed by atoms with Gasteiger partial charge in [-0.3, -0.25) is 4.79 Å². The molecule has 3 nitrogen and oxygen atoms in total. The molecule has 2 N–H and O–H groups in total. The SMILES string of the molecule is NCC1CCC(C(=O)C2CCCC2)O1. The fourth-order valence-corrected chi connectivity index (χ4v) is 2.56. The van der Waals surface area contributed by atoms with E-state index in [9.17, 15) is 4.79 Å². The second-order valence-corrected chi connectivity index (χ2v) is 4.44. The highest BCUT2D eigenvalue weighted by Crippen LogP contribution is 2.30. The van der Waals surface area contributed by atoms with Crippen LogP contribution >= 0.6 is 0 Å². The normalized spacial score (nSPS) is 33.8. The van der Waals surface area contributed by atoms with Crippen molar-refractivity contribution in [2.75, 3.05) is 6.54 Å². The van der Waals surface area contributed by atoms with E-state index < -0.39 is 0 Å². The van der Waals surface area contributed by atoms with E-state index in [1.165, 1.54) is 12.8 Å². The van der Waals surface area contributed by atoms with Gasteiger partial charge in [-0.2, -0.15) is 0 Å². The maximum absolute atomic E-state index is 11.9. The molecule has 0 aromatic heterocycles. The molecule has 0 aromatic carbocycles. The zero-order valence-corrected chi connectivity index (χ0v) is 8.58. The Hall–Kier alpha value is -0.410. The minimum absolute atomic E-state index is 0.130. The number of carbonyl (C=O) groups is 1. The van der Waals surface area contributed by atoms with Gasteiger partial charge < -0.3 is 10.5 Å². The van der Waals surface area contributed by atoms with Crippen LogP contribution in [-0.2, 0) is 9.53 Å². The average Bonchev–Trinajstić information content (AvgIpc) is 2.88. The van der Waals surface area contributed by atoms with Crippen LogP contribution in [-0.4, -0.2) is 24.5 Å². The van der Waals surface area contributed by atoms with Crippen LogP contribution in [0, 0.1) is 5.92 Å². The lowest BCUT2D eigenvalue weighted by Gasteiger charge is -2.15. The Bertz CT molecular complexity index is 211. The molecule has 1 saturated carbocycles. The highest BCUT2D eigenvalue weighted by Gasteiger charge is 2.34. The molecule has 1 heterocycles. The van der Waals surface area contributed by atoms with E-state index >= 15 is 0 Å². The molecule has 2 aliphatic rings. The van der Waals surface area contributed by atoms with Crippen molar-refractivity contribution in [3.05, 3.63) is 0 Å². The van der Waals surface area contributed by atoms with E-state index in [4.69, 9.17) is 10.5 Å². The molecule has 3 heteroatoms. The van der Waals surface area contributed by atoms with Crippen molar-refractivity contribution < 1.29 is 9.53 Å². The molecule has 1 aliphatic heterocycles. The van der Waals surface area contributed by atoms with Crippen LogP contribution in [0.4, 0.5) is 0 Å². The summed E-state index contributed by atoms with van der Waals surface area (Å²) in [5, 5.41) is 0. The van der Waals surface area contributed by atoms with Gasteiger partial charge in [-0.1, -0.05) is 12.8 Å². The number of hydrogen-bond donors (Lipinski definition) is 1. The third-order valence-corrected chi connectivity index (χ3v) is 3.45. The first-order valence-electron chi connectivity index (χ1n) is 5.70. The summed E-state index contributed by atoms with van der Waals surface area (Å²) in [6.07, 6.45) is 6.42. The molecule has 0 spiro atoms. The minimum Gasteiger partial charge on any atom is -0.366 e. The summed E-state index contributed by atoms with van der Waals surface area (Å²) in [7, 11) is 0. The molecule has 0 amide bonds. The smallest absolute Gasteiger partial charge is 0.164 e. The van der Waals surface area contributed by atoms with Crippen LogP contribution in [0.2, 0.25) is 0 Å². The van der Waals surface area contributed by atoms with Gasteiger partial charge in [0.05, 0.1) is 6.10 Å². The molecule has 2 fully saturated rings. The van der Waals surface area contributed by atoms with Crippen molar-refractivity contribution in [3.63, 3.8) is 0 Å². The third-order valence-electron chi connectivity index (χ3n) is 3.45. The Labute approximate surface area is 85.0 Å². The first-order chi connectivity index (χ1) is 6.81. The Kier molecular flexibility index (Phi) is 3.19. The van der Waals surface area contributed by atoms with Gasteiger partial charge in [-0.25, -0.2) is 0 Å². The lowest BCUT2D eigenvalue weighted by molar-refractivity contribution is -0.133. The van der Waals surface area contributed by atoms with Crippen LogP contribution in [0.25, 0.3) is 0 Å². The van der Waals surface area contributed by atoms with E-state index in [0.29, 0.717) is 12.3 Å². The van der Waals surface area contributed by atoms with Crippen molar-refractivity contribution in [1.82, 2.24) is 0 Å². The molecule has 2 atom stereocenters. The molecule has 1 saturated heterocycles. The largest absolute Gasteiger partial charge is 0.366 e. The van der Waals surface area contributed by atoms with Gasteiger partial charge in [0.2, 0.25) is 0 Å². The number of rotatable bonds is 3. The predicted octanol–water partition coefficient (Wildman–Crippen LogP) is 1.25. The second-order valence-electron chi connectivity index (χ2n) is 4.44. The van der Waals surface area contributed by atoms with Crippen LogP contribution in [0.15, 0.2) is 0 Å². The topological polar surface area (TPSA) is 52.3 Å². The summed E-state index contributed by atoms with van der Waals surface area (Å²) in [5.74, 6) is 0.634. The van der Waals surface area contributed by atoms with Crippen molar-refractivity contribution >= 4 is 5.78 Å². The zero-order valence-electron chi connectivity index (χ0n) is 8.58. The van der Waals surface area contributed by atoms with E-state index in [2.05, 4.69) is 0 Å². The van der Waals surface area contributed by atoms with Gasteiger partial charge in [0, 0.05) is 12.5 Å². The number of ketones is 1. The summed E-state index contributed by atoms with van der Waals surface area (Å²) < 4.78 is 5.61. The molecule has 1 aliphatic carbocycles. The Morgan fingerprint density at radius 2 is 1.93 bits per heavy atom. The third kappa shape index (κ3) is 1.98. The lowest BCUT2D eigenvalue weighted by Crippen LogP contribution is -2.29. The van der Waals surface area contributed by atoms with Crippen LogP contribution in [0.1, 0.15) is 38.5 Å². The number of ether oxygens (including phenoxy) is 1. The summed E-state index contributed by atoms with van der Waals surface area (Å²) >= 11 is 0. The van der Waals surface area contributed by atoms with E-state index in [0.717, 1.165) is 25.7 Å². The van der Waals surface area contributed by atoms with Gasteiger partial charge in [-0.05, 0) is 25.7 Å². The van der Waals surface area contributed by atoms with Crippen LogP contribution in [0.5, 0.6) is 0 Å². The molecular formula is C11H19NO2. The van der Waals surface area contributed by atoms with Crippen molar-refractivity contribution in [1.29, 1.82) is 0 Å². The second kappa shape index (κ2) is 4.41. The molecule has 2 unspecified atom stereocenters. The molecular weight excluding hydrogens is 178 g/mol. The Morgan fingerprint density at radius 1 is 1.21 bits per heavy atom. The molecule has 0 radical (unpaired) electrons. The Morgan fingerprint density at radius 3 is 2.50 bits per heavy atom. The average molecular weight is 197 g/mol. The molecule has 80 valence electrons. The number of nitrogens with two attached hydrogens (primary N) is 1. The first-order valence-corrected chi connectivity index (χ1v) is 5.70. The van der Waals surface area contributed by atoms with Gasteiger partial charge >= 0.3 is 0 Å². The minimum atomic E-state index is -0.133. The standard InChI is InChI=1S/C11H19NO2/c12-7-9-5-6-10(14-9)11(13)8-3-1-2-4-8/h8-10H,1-7,12H2. The fourth-order valence-electron chi connectivity index (χ4n) is 2.56. The first kappa shape index (κ1) is 10.1. The lowest BCUT2D eigenvalue weighted by atomic mass is 9.97. The number of Topliss-reactive ketones (excluding diaryl/α,β-unsaturated/α-hetero) is 1. The number of carbonyl (C=O) groups excluding carboxylic acids is 1. The summed E-state index contributed by atoms with van der Waals surface area (Å²) in [6.45, 7) is 0.550. The highest BCUT2D eigenvalue weighted by molar-refractivity contribution is 5.85. The molecule has 14 heavy (non-hydrogen) atoms. The Balaban J connectivity index is 1.86. The maximum Gasteiger partial charge on any atom is 0.164 e. The quantitative estimate of drug-likeness (QED) is 0.741. The maximum atomic E-state index is 11.9. The van der Waals surface area contributed by atoms with Crippen molar-refractivity contribution in [3.8, 4) is 0 Å². The number of hydrogen-bond acceptors (Lipinski definition) is 3. The van der Waals surface area contributed by atoms with Gasteiger partial charge in [-0.15, -0.1) is 0 Å². The van der Waals surface area contributed by atoms with Crippen molar-refractivity contribution in [2.24, 2.45) is 11.7 Å². The molecule has 2 rings (SSSR count).